The van der Waals surface area contributed by atoms with Gasteiger partial charge in [0.1, 0.15) is 5.82 Å². The molecular weight excluding hydrogens is 359 g/mol. The molecule has 0 unspecified atom stereocenters. The van der Waals surface area contributed by atoms with Crippen molar-refractivity contribution in [3.05, 3.63) is 18.6 Å². The maximum Gasteiger partial charge on any atom is 0.191 e. The highest BCUT2D eigenvalue weighted by molar-refractivity contribution is 14.0. The molecule has 0 saturated carbocycles. The van der Waals surface area contributed by atoms with E-state index in [9.17, 15) is 0 Å². The first-order chi connectivity index (χ1) is 8.86. The van der Waals surface area contributed by atoms with Gasteiger partial charge in [0.2, 0.25) is 0 Å². The van der Waals surface area contributed by atoms with Crippen molar-refractivity contribution in [2.75, 3.05) is 44.7 Å². The zero-order chi connectivity index (χ0) is 12.6. The fourth-order valence-electron chi connectivity index (χ4n) is 1.64. The SMILES string of the molecule is I.NC(=NCCNc1cnccn1)N1CCOCC1. The number of anilines is 1. The Kier molecular flexibility index (Phi) is 7.41. The Morgan fingerprint density at radius 3 is 2.89 bits per heavy atom. The summed E-state index contributed by atoms with van der Waals surface area (Å²) in [4.78, 5) is 14.4. The number of guanidine groups is 1. The minimum atomic E-state index is 0. The van der Waals surface area contributed by atoms with Gasteiger partial charge in [-0.2, -0.15) is 0 Å². The molecule has 1 aliphatic heterocycles. The van der Waals surface area contributed by atoms with Crippen LogP contribution in [-0.2, 0) is 4.74 Å². The summed E-state index contributed by atoms with van der Waals surface area (Å²) in [6.45, 7) is 4.35. The number of hydrogen-bond donors (Lipinski definition) is 2. The molecule has 0 amide bonds. The van der Waals surface area contributed by atoms with E-state index in [2.05, 4.69) is 20.3 Å². The molecule has 0 atom stereocenters. The number of nitrogens with one attached hydrogen (secondary N) is 1. The van der Waals surface area contributed by atoms with Crippen LogP contribution in [0.25, 0.3) is 0 Å². The standard InChI is InChI=1S/C11H18N6O.HI/c12-11(17-5-7-18-8-6-17)16-4-3-15-10-9-13-1-2-14-10;/h1-2,9H,3-8H2,(H2,12,16)(H,14,15);1H. The van der Waals surface area contributed by atoms with Crippen molar-refractivity contribution >= 4 is 35.8 Å². The molecule has 0 aliphatic carbocycles. The fourth-order valence-corrected chi connectivity index (χ4v) is 1.64. The molecule has 1 aromatic heterocycles. The van der Waals surface area contributed by atoms with E-state index in [0.717, 1.165) is 18.9 Å². The van der Waals surface area contributed by atoms with E-state index in [1.807, 2.05) is 4.90 Å². The smallest absolute Gasteiger partial charge is 0.191 e. The van der Waals surface area contributed by atoms with E-state index >= 15 is 0 Å². The molecule has 7 nitrogen and oxygen atoms in total. The molecule has 1 fully saturated rings. The normalized spacial score (nSPS) is 15.8. The number of ether oxygens (including phenoxy) is 1. The first kappa shape index (κ1) is 15.9. The summed E-state index contributed by atoms with van der Waals surface area (Å²) in [7, 11) is 0. The van der Waals surface area contributed by atoms with E-state index in [-0.39, 0.29) is 24.0 Å². The number of halogens is 1. The van der Waals surface area contributed by atoms with Crippen LogP contribution in [-0.4, -0.2) is 60.2 Å². The second-order valence-electron chi connectivity index (χ2n) is 3.86. The van der Waals surface area contributed by atoms with Crippen LogP contribution < -0.4 is 11.1 Å². The predicted octanol–water partition coefficient (Wildman–Crippen LogP) is 0.153. The highest BCUT2D eigenvalue weighted by atomic mass is 127. The van der Waals surface area contributed by atoms with Crippen molar-refractivity contribution < 1.29 is 4.74 Å². The van der Waals surface area contributed by atoms with Crippen LogP contribution in [0.2, 0.25) is 0 Å². The van der Waals surface area contributed by atoms with Crippen molar-refractivity contribution in [2.45, 2.75) is 0 Å². The third-order valence-electron chi connectivity index (χ3n) is 2.59. The van der Waals surface area contributed by atoms with E-state index in [1.165, 1.54) is 0 Å². The summed E-state index contributed by atoms with van der Waals surface area (Å²) in [5.41, 5.74) is 5.89. The van der Waals surface area contributed by atoms with Gasteiger partial charge in [0, 0.05) is 32.0 Å². The Labute approximate surface area is 129 Å². The summed E-state index contributed by atoms with van der Waals surface area (Å²) >= 11 is 0. The highest BCUT2D eigenvalue weighted by Crippen LogP contribution is 1.97. The Hall–Kier alpha value is -1.16. The highest BCUT2D eigenvalue weighted by Gasteiger charge is 2.11. The van der Waals surface area contributed by atoms with E-state index < -0.39 is 0 Å². The number of aliphatic imine (C=N–C) groups is 1. The average Bonchev–Trinajstić information content (AvgIpc) is 2.45. The topological polar surface area (TPSA) is 88.7 Å². The van der Waals surface area contributed by atoms with Gasteiger partial charge in [-0.15, -0.1) is 24.0 Å². The molecule has 3 N–H and O–H groups in total. The molecule has 0 spiro atoms. The van der Waals surface area contributed by atoms with Crippen molar-refractivity contribution in [3.63, 3.8) is 0 Å². The molecule has 1 aromatic rings. The molecule has 0 aromatic carbocycles. The summed E-state index contributed by atoms with van der Waals surface area (Å²) in [5.74, 6) is 1.33. The first-order valence-corrected chi connectivity index (χ1v) is 5.99. The summed E-state index contributed by atoms with van der Waals surface area (Å²) < 4.78 is 5.25. The number of nitrogens with two attached hydrogens (primary N) is 1. The van der Waals surface area contributed by atoms with Gasteiger partial charge in [-0.25, -0.2) is 4.98 Å². The second-order valence-corrected chi connectivity index (χ2v) is 3.86. The largest absolute Gasteiger partial charge is 0.378 e. The lowest BCUT2D eigenvalue weighted by atomic mass is 10.4. The Morgan fingerprint density at radius 1 is 1.42 bits per heavy atom. The molecule has 2 rings (SSSR count). The van der Waals surface area contributed by atoms with Gasteiger partial charge in [-0.3, -0.25) is 9.98 Å². The Balaban J connectivity index is 0.00000180. The van der Waals surface area contributed by atoms with Crippen molar-refractivity contribution in [2.24, 2.45) is 10.7 Å². The van der Waals surface area contributed by atoms with Gasteiger partial charge in [-0.1, -0.05) is 0 Å². The minimum absolute atomic E-state index is 0. The van der Waals surface area contributed by atoms with Crippen LogP contribution in [0.4, 0.5) is 5.82 Å². The first-order valence-electron chi connectivity index (χ1n) is 5.99. The average molecular weight is 378 g/mol. The number of morpholine rings is 1. The van der Waals surface area contributed by atoms with Crippen LogP contribution in [0.1, 0.15) is 0 Å². The zero-order valence-corrected chi connectivity index (χ0v) is 13.0. The third kappa shape index (κ3) is 5.55. The Morgan fingerprint density at radius 2 is 2.21 bits per heavy atom. The summed E-state index contributed by atoms with van der Waals surface area (Å²) in [6, 6.07) is 0. The van der Waals surface area contributed by atoms with Gasteiger partial charge in [0.15, 0.2) is 5.96 Å². The maximum atomic E-state index is 5.89. The van der Waals surface area contributed by atoms with E-state index in [1.54, 1.807) is 18.6 Å². The molecule has 106 valence electrons. The Bertz CT molecular complexity index is 382. The molecular formula is C11H19IN6O. The number of aromatic nitrogens is 2. The summed E-state index contributed by atoms with van der Waals surface area (Å²) in [5, 5.41) is 3.12. The van der Waals surface area contributed by atoms with Gasteiger partial charge >= 0.3 is 0 Å². The van der Waals surface area contributed by atoms with Crippen LogP contribution in [0.3, 0.4) is 0 Å². The van der Waals surface area contributed by atoms with E-state index in [4.69, 9.17) is 10.5 Å². The summed E-state index contributed by atoms with van der Waals surface area (Å²) in [6.07, 6.45) is 4.96. The number of nitrogens with zero attached hydrogens (tertiary/aromatic N) is 4. The minimum Gasteiger partial charge on any atom is -0.378 e. The fraction of sp³-hybridized carbons (Fsp3) is 0.545. The molecule has 2 heterocycles. The lowest BCUT2D eigenvalue weighted by Crippen LogP contribution is -2.45. The maximum absolute atomic E-state index is 5.89. The van der Waals surface area contributed by atoms with Crippen molar-refractivity contribution in [1.82, 2.24) is 14.9 Å². The van der Waals surface area contributed by atoms with Gasteiger partial charge in [-0.05, 0) is 0 Å². The third-order valence-corrected chi connectivity index (χ3v) is 2.59. The van der Waals surface area contributed by atoms with Crippen LogP contribution in [0.15, 0.2) is 23.6 Å². The van der Waals surface area contributed by atoms with Crippen molar-refractivity contribution in [1.29, 1.82) is 0 Å². The molecule has 1 saturated heterocycles. The zero-order valence-electron chi connectivity index (χ0n) is 10.7. The molecule has 1 aliphatic rings. The quantitative estimate of drug-likeness (QED) is 0.336. The van der Waals surface area contributed by atoms with Crippen LogP contribution >= 0.6 is 24.0 Å². The van der Waals surface area contributed by atoms with E-state index in [0.29, 0.717) is 32.3 Å². The van der Waals surface area contributed by atoms with Gasteiger partial charge in [0.05, 0.1) is 26.0 Å². The van der Waals surface area contributed by atoms with Gasteiger partial charge < -0.3 is 20.7 Å². The lowest BCUT2D eigenvalue weighted by Gasteiger charge is -2.27. The predicted molar refractivity (Wildman–Crippen MR) is 84.8 cm³/mol. The van der Waals surface area contributed by atoms with Gasteiger partial charge in [0.25, 0.3) is 0 Å². The number of hydrogen-bond acceptors (Lipinski definition) is 5. The molecule has 0 bridgehead atoms. The van der Waals surface area contributed by atoms with Crippen molar-refractivity contribution in [3.8, 4) is 0 Å². The molecule has 8 heteroatoms. The number of rotatable bonds is 4. The monoisotopic (exact) mass is 378 g/mol. The molecule has 0 radical (unpaired) electrons. The lowest BCUT2D eigenvalue weighted by molar-refractivity contribution is 0.0674. The van der Waals surface area contributed by atoms with Crippen LogP contribution in [0, 0.1) is 0 Å². The molecule has 19 heavy (non-hydrogen) atoms. The second kappa shape index (κ2) is 8.86. The van der Waals surface area contributed by atoms with Crippen LogP contribution in [0.5, 0.6) is 0 Å².